The average Bonchev–Trinajstić information content (AvgIpc) is 2.21. The van der Waals surface area contributed by atoms with Gasteiger partial charge in [0, 0.05) is 13.6 Å². The molecule has 5 nitrogen and oxygen atoms in total. The van der Waals surface area contributed by atoms with Crippen LogP contribution in [0.25, 0.3) is 0 Å². The Morgan fingerprint density at radius 3 is 2.38 bits per heavy atom. The molecule has 16 heavy (non-hydrogen) atoms. The molecule has 1 aromatic rings. The summed E-state index contributed by atoms with van der Waals surface area (Å²) in [7, 11) is 5.98. The molecular formula is C9H15Cl2N5. The first-order valence-electron chi connectivity index (χ1n) is 4.92. The lowest BCUT2D eigenvalue weighted by Crippen LogP contribution is -2.24. The van der Waals surface area contributed by atoms with Gasteiger partial charge in [-0.2, -0.15) is 4.98 Å². The third kappa shape index (κ3) is 4.08. The first-order valence-corrected chi connectivity index (χ1v) is 5.68. The van der Waals surface area contributed by atoms with Crippen molar-refractivity contribution >= 4 is 29.0 Å². The molecule has 1 rings (SSSR count). The van der Waals surface area contributed by atoms with Crippen LogP contribution in [0.1, 0.15) is 6.42 Å². The Balaban J connectivity index is 2.58. The monoisotopic (exact) mass is 263 g/mol. The summed E-state index contributed by atoms with van der Waals surface area (Å²) in [4.78, 5) is 8.09. The molecule has 7 heteroatoms. The average molecular weight is 264 g/mol. The lowest BCUT2D eigenvalue weighted by Gasteiger charge is -2.19. The Morgan fingerprint density at radius 2 is 1.75 bits per heavy atom. The van der Waals surface area contributed by atoms with Gasteiger partial charge in [-0.15, -0.1) is 10.2 Å². The van der Waals surface area contributed by atoms with Crippen LogP contribution in [0, 0.1) is 0 Å². The van der Waals surface area contributed by atoms with E-state index < -0.39 is 0 Å². The summed E-state index contributed by atoms with van der Waals surface area (Å²) in [5.41, 5.74) is 0. The van der Waals surface area contributed by atoms with Crippen LogP contribution in [-0.4, -0.2) is 54.3 Å². The molecule has 0 bridgehead atoms. The SMILES string of the molecule is CN(C)CCCN(C)c1nc(Cl)nnc1Cl. The number of hydrogen-bond acceptors (Lipinski definition) is 5. The molecule has 0 N–H and O–H groups in total. The predicted molar refractivity (Wildman–Crippen MR) is 66.3 cm³/mol. The van der Waals surface area contributed by atoms with Crippen LogP contribution < -0.4 is 4.90 Å². The van der Waals surface area contributed by atoms with Gasteiger partial charge in [0.05, 0.1) is 0 Å². The molecule has 0 aromatic carbocycles. The Morgan fingerprint density at radius 1 is 1.06 bits per heavy atom. The largest absolute Gasteiger partial charge is 0.357 e. The summed E-state index contributed by atoms with van der Waals surface area (Å²) < 4.78 is 0. The molecule has 0 aliphatic carbocycles. The second-order valence-corrected chi connectivity index (χ2v) is 4.47. The highest BCUT2D eigenvalue weighted by Crippen LogP contribution is 2.20. The van der Waals surface area contributed by atoms with E-state index in [9.17, 15) is 0 Å². The van der Waals surface area contributed by atoms with Crippen molar-refractivity contribution in [2.45, 2.75) is 6.42 Å². The molecule has 0 saturated carbocycles. The second kappa shape index (κ2) is 6.18. The molecule has 0 amide bonds. The van der Waals surface area contributed by atoms with Gasteiger partial charge < -0.3 is 9.80 Å². The lowest BCUT2D eigenvalue weighted by molar-refractivity contribution is 0.401. The summed E-state index contributed by atoms with van der Waals surface area (Å²) in [5, 5.41) is 7.66. The molecule has 0 atom stereocenters. The van der Waals surface area contributed by atoms with Crippen LogP contribution in [0.15, 0.2) is 0 Å². The summed E-state index contributed by atoms with van der Waals surface area (Å²) >= 11 is 11.6. The van der Waals surface area contributed by atoms with E-state index in [1.165, 1.54) is 0 Å². The Kier molecular flexibility index (Phi) is 5.18. The molecular weight excluding hydrogens is 249 g/mol. The van der Waals surface area contributed by atoms with Crippen molar-refractivity contribution in [2.75, 3.05) is 39.1 Å². The van der Waals surface area contributed by atoms with Gasteiger partial charge >= 0.3 is 0 Å². The first kappa shape index (κ1) is 13.4. The summed E-state index contributed by atoms with van der Waals surface area (Å²) in [6.07, 6.45) is 1.02. The second-order valence-electron chi connectivity index (χ2n) is 3.77. The lowest BCUT2D eigenvalue weighted by atomic mass is 10.4. The van der Waals surface area contributed by atoms with Gasteiger partial charge in [0.1, 0.15) is 0 Å². The molecule has 0 radical (unpaired) electrons. The highest BCUT2D eigenvalue weighted by molar-refractivity contribution is 6.32. The third-order valence-electron chi connectivity index (χ3n) is 2.06. The van der Waals surface area contributed by atoms with Crippen molar-refractivity contribution in [1.82, 2.24) is 20.1 Å². The van der Waals surface area contributed by atoms with Crippen LogP contribution in [0.4, 0.5) is 5.82 Å². The van der Waals surface area contributed by atoms with Crippen molar-refractivity contribution in [3.8, 4) is 0 Å². The van der Waals surface area contributed by atoms with Gasteiger partial charge in [-0.05, 0) is 38.7 Å². The van der Waals surface area contributed by atoms with Gasteiger partial charge in [-0.3, -0.25) is 0 Å². The zero-order valence-corrected chi connectivity index (χ0v) is 11.1. The van der Waals surface area contributed by atoms with Gasteiger partial charge in [0.25, 0.3) is 0 Å². The van der Waals surface area contributed by atoms with E-state index in [1.807, 2.05) is 26.0 Å². The minimum atomic E-state index is 0.110. The van der Waals surface area contributed by atoms with Crippen molar-refractivity contribution < 1.29 is 0 Å². The number of nitrogens with zero attached hydrogens (tertiary/aromatic N) is 5. The fourth-order valence-electron chi connectivity index (χ4n) is 1.26. The quantitative estimate of drug-likeness (QED) is 0.807. The van der Waals surface area contributed by atoms with E-state index >= 15 is 0 Å². The normalized spacial score (nSPS) is 10.9. The van der Waals surface area contributed by atoms with E-state index in [0.717, 1.165) is 19.5 Å². The van der Waals surface area contributed by atoms with Crippen molar-refractivity contribution in [3.05, 3.63) is 10.4 Å². The summed E-state index contributed by atoms with van der Waals surface area (Å²) in [6.45, 7) is 1.85. The Hall–Kier alpha value is -0.650. The van der Waals surface area contributed by atoms with Crippen molar-refractivity contribution in [3.63, 3.8) is 0 Å². The fourth-order valence-corrected chi connectivity index (χ4v) is 1.60. The first-order chi connectivity index (χ1) is 7.50. The van der Waals surface area contributed by atoms with Crippen LogP contribution in [0.3, 0.4) is 0 Å². The topological polar surface area (TPSA) is 45.2 Å². The van der Waals surface area contributed by atoms with Crippen molar-refractivity contribution in [1.29, 1.82) is 0 Å². The maximum absolute atomic E-state index is 5.89. The predicted octanol–water partition coefficient (Wildman–Crippen LogP) is 1.57. The van der Waals surface area contributed by atoms with Gasteiger partial charge in [0.2, 0.25) is 5.28 Å². The smallest absolute Gasteiger partial charge is 0.245 e. The molecule has 0 aliphatic rings. The molecule has 0 unspecified atom stereocenters. The zero-order chi connectivity index (χ0) is 12.1. The number of halogens is 2. The number of hydrogen-bond donors (Lipinski definition) is 0. The minimum absolute atomic E-state index is 0.110. The van der Waals surface area contributed by atoms with Crippen LogP contribution in [0.5, 0.6) is 0 Å². The van der Waals surface area contributed by atoms with Crippen molar-refractivity contribution in [2.24, 2.45) is 0 Å². The molecule has 0 spiro atoms. The molecule has 0 saturated heterocycles. The standard InChI is InChI=1S/C9H15Cl2N5/c1-15(2)5-4-6-16(3)8-7(10)13-14-9(11)12-8/h4-6H2,1-3H3. The van der Waals surface area contributed by atoms with Crippen LogP contribution >= 0.6 is 23.2 Å². The number of rotatable bonds is 5. The van der Waals surface area contributed by atoms with E-state index in [2.05, 4.69) is 20.1 Å². The third-order valence-corrected chi connectivity index (χ3v) is 2.47. The zero-order valence-electron chi connectivity index (χ0n) is 9.61. The van der Waals surface area contributed by atoms with E-state index in [-0.39, 0.29) is 10.4 Å². The molecule has 0 fully saturated rings. The van der Waals surface area contributed by atoms with Crippen LogP contribution in [-0.2, 0) is 0 Å². The van der Waals surface area contributed by atoms with Gasteiger partial charge in [-0.25, -0.2) is 0 Å². The molecule has 1 heterocycles. The van der Waals surface area contributed by atoms with E-state index in [1.54, 1.807) is 0 Å². The fraction of sp³-hybridized carbons (Fsp3) is 0.667. The van der Waals surface area contributed by atoms with E-state index in [0.29, 0.717) is 5.82 Å². The maximum Gasteiger partial charge on any atom is 0.245 e. The van der Waals surface area contributed by atoms with Crippen LogP contribution in [0.2, 0.25) is 10.4 Å². The number of anilines is 1. The highest BCUT2D eigenvalue weighted by Gasteiger charge is 2.10. The maximum atomic E-state index is 5.89. The summed E-state index contributed by atoms with van der Waals surface area (Å²) in [5.74, 6) is 0.570. The Bertz CT molecular complexity index is 345. The van der Waals surface area contributed by atoms with Gasteiger partial charge in [-0.1, -0.05) is 11.6 Å². The summed E-state index contributed by atoms with van der Waals surface area (Å²) in [6, 6.07) is 0. The Labute approximate surface area is 105 Å². The molecule has 90 valence electrons. The molecule has 0 aliphatic heterocycles. The highest BCUT2D eigenvalue weighted by atomic mass is 35.5. The number of aromatic nitrogens is 3. The van der Waals surface area contributed by atoms with Gasteiger partial charge in [0.15, 0.2) is 11.0 Å². The molecule has 1 aromatic heterocycles. The van der Waals surface area contributed by atoms with E-state index in [4.69, 9.17) is 23.2 Å². The minimum Gasteiger partial charge on any atom is -0.357 e.